The first-order valence-electron chi connectivity index (χ1n) is 7.17. The number of rotatable bonds is 7. The predicted molar refractivity (Wildman–Crippen MR) is 93.9 cm³/mol. The van der Waals surface area contributed by atoms with Crippen molar-refractivity contribution < 1.29 is 23.8 Å². The van der Waals surface area contributed by atoms with Crippen LogP contribution in [-0.4, -0.2) is 31.7 Å². The third kappa shape index (κ3) is 4.96. The Morgan fingerprint density at radius 3 is 2.75 bits per heavy atom. The first-order chi connectivity index (χ1) is 11.1. The van der Waals surface area contributed by atoms with E-state index in [0.29, 0.717) is 23.6 Å². The van der Waals surface area contributed by atoms with Crippen LogP contribution in [0.25, 0.3) is 0 Å². The molecule has 1 aliphatic heterocycles. The van der Waals surface area contributed by atoms with Crippen molar-refractivity contribution in [3.8, 4) is 0 Å². The van der Waals surface area contributed by atoms with E-state index in [4.69, 9.17) is 31.5 Å². The van der Waals surface area contributed by atoms with Gasteiger partial charge >= 0.3 is 11.9 Å². The van der Waals surface area contributed by atoms with E-state index >= 15 is 0 Å². The summed E-state index contributed by atoms with van der Waals surface area (Å²) in [6.45, 7) is 0.382. The highest BCUT2D eigenvalue weighted by Crippen LogP contribution is 2.35. The van der Waals surface area contributed by atoms with Crippen LogP contribution in [0.2, 0.25) is 5.02 Å². The van der Waals surface area contributed by atoms with Gasteiger partial charge in [0.25, 0.3) is 0 Å². The summed E-state index contributed by atoms with van der Waals surface area (Å²) in [4.78, 5) is 23.5. The summed E-state index contributed by atoms with van der Waals surface area (Å²) in [5.41, 5.74) is 5.94. The standard InChI is InChI=1S/C16H18ClNO5.BrH/c1-21-12-9-14(20)23-16(12)15(22-13(19)7-4-8-18)10-5-2-3-6-11(10)17;/h2-3,5-6,9,15-16H,4,7-8,18H2,1H3;1H. The summed E-state index contributed by atoms with van der Waals surface area (Å²) in [5, 5.41) is 0.405. The molecule has 0 saturated heterocycles. The summed E-state index contributed by atoms with van der Waals surface area (Å²) in [7, 11) is 1.42. The minimum absolute atomic E-state index is 0. The fourth-order valence-corrected chi connectivity index (χ4v) is 2.49. The Labute approximate surface area is 155 Å². The van der Waals surface area contributed by atoms with Gasteiger partial charge in [0, 0.05) is 17.0 Å². The van der Waals surface area contributed by atoms with Crippen LogP contribution in [0.15, 0.2) is 36.1 Å². The number of methoxy groups -OCH3 is 1. The lowest BCUT2D eigenvalue weighted by Gasteiger charge is -2.25. The van der Waals surface area contributed by atoms with E-state index in [2.05, 4.69) is 0 Å². The first kappa shape index (κ1) is 20.5. The Morgan fingerprint density at radius 2 is 2.12 bits per heavy atom. The van der Waals surface area contributed by atoms with Crippen LogP contribution < -0.4 is 5.73 Å². The zero-order valence-corrected chi connectivity index (χ0v) is 15.5. The molecule has 1 aromatic rings. The Bertz CT molecular complexity index is 622. The second kappa shape index (κ2) is 9.66. The molecule has 0 fully saturated rings. The van der Waals surface area contributed by atoms with Crippen molar-refractivity contribution in [2.45, 2.75) is 25.0 Å². The summed E-state index contributed by atoms with van der Waals surface area (Å²) in [6.07, 6.45) is 0.151. The molecule has 1 aliphatic rings. The number of hydrogen-bond acceptors (Lipinski definition) is 6. The summed E-state index contributed by atoms with van der Waals surface area (Å²) in [6, 6.07) is 6.90. The fraction of sp³-hybridized carbons (Fsp3) is 0.375. The third-order valence-corrected chi connectivity index (χ3v) is 3.69. The van der Waals surface area contributed by atoms with Gasteiger partial charge in [-0.05, 0) is 19.0 Å². The molecule has 8 heteroatoms. The van der Waals surface area contributed by atoms with Gasteiger partial charge in [-0.25, -0.2) is 4.79 Å². The van der Waals surface area contributed by atoms with E-state index in [0.717, 1.165) is 0 Å². The molecule has 2 rings (SSSR count). The SMILES string of the molecule is Br.COC1=CC(=O)OC1C(OC(=O)CCCN)c1ccccc1Cl. The monoisotopic (exact) mass is 419 g/mol. The Hall–Kier alpha value is -1.57. The second-order valence-corrected chi connectivity index (χ2v) is 5.34. The van der Waals surface area contributed by atoms with Crippen LogP contribution in [0.1, 0.15) is 24.5 Å². The van der Waals surface area contributed by atoms with Crippen molar-refractivity contribution in [1.29, 1.82) is 0 Å². The minimum Gasteiger partial charge on any atom is -0.497 e. The predicted octanol–water partition coefficient (Wildman–Crippen LogP) is 2.70. The maximum Gasteiger partial charge on any atom is 0.335 e. The van der Waals surface area contributed by atoms with E-state index in [1.54, 1.807) is 24.3 Å². The second-order valence-electron chi connectivity index (χ2n) is 4.93. The average molecular weight is 421 g/mol. The van der Waals surface area contributed by atoms with Crippen LogP contribution in [-0.2, 0) is 23.8 Å². The highest BCUT2D eigenvalue weighted by molar-refractivity contribution is 8.93. The summed E-state index contributed by atoms with van der Waals surface area (Å²) >= 11 is 6.20. The molecule has 0 bridgehead atoms. The van der Waals surface area contributed by atoms with Crippen molar-refractivity contribution in [2.75, 3.05) is 13.7 Å². The van der Waals surface area contributed by atoms with Crippen molar-refractivity contribution in [3.63, 3.8) is 0 Å². The molecule has 0 saturated carbocycles. The fourth-order valence-electron chi connectivity index (χ4n) is 2.24. The molecule has 1 heterocycles. The van der Waals surface area contributed by atoms with Gasteiger partial charge in [0.15, 0.2) is 12.2 Å². The molecule has 0 amide bonds. The molecular formula is C16H19BrClNO5. The number of halogens is 2. The van der Waals surface area contributed by atoms with Gasteiger partial charge in [-0.3, -0.25) is 4.79 Å². The van der Waals surface area contributed by atoms with E-state index in [1.165, 1.54) is 13.2 Å². The molecule has 0 aromatic heterocycles. The highest BCUT2D eigenvalue weighted by atomic mass is 79.9. The van der Waals surface area contributed by atoms with Crippen LogP contribution in [0, 0.1) is 0 Å². The zero-order chi connectivity index (χ0) is 16.8. The molecule has 0 radical (unpaired) electrons. The van der Waals surface area contributed by atoms with Crippen molar-refractivity contribution in [2.24, 2.45) is 5.73 Å². The number of cyclic esters (lactones) is 1. The Balaban J connectivity index is 0.00000288. The van der Waals surface area contributed by atoms with Gasteiger partial charge in [0.2, 0.25) is 0 Å². The Kier molecular flexibility index (Phi) is 8.24. The summed E-state index contributed by atoms with van der Waals surface area (Å²) < 4.78 is 15.9. The number of ether oxygens (including phenoxy) is 3. The topological polar surface area (TPSA) is 87.9 Å². The molecule has 2 unspecified atom stereocenters. The highest BCUT2D eigenvalue weighted by Gasteiger charge is 2.39. The molecule has 132 valence electrons. The number of esters is 2. The van der Waals surface area contributed by atoms with Crippen molar-refractivity contribution >= 4 is 40.5 Å². The number of carbonyl (C=O) groups is 2. The number of nitrogens with two attached hydrogens (primary N) is 1. The van der Waals surface area contributed by atoms with Gasteiger partial charge in [-0.1, -0.05) is 29.8 Å². The van der Waals surface area contributed by atoms with E-state index in [9.17, 15) is 9.59 Å². The quantitative estimate of drug-likeness (QED) is 0.682. The average Bonchev–Trinajstić information content (AvgIpc) is 2.92. The lowest BCUT2D eigenvalue weighted by atomic mass is 10.0. The lowest BCUT2D eigenvalue weighted by molar-refractivity contribution is -0.162. The largest absolute Gasteiger partial charge is 0.497 e. The van der Waals surface area contributed by atoms with Crippen molar-refractivity contribution in [3.05, 3.63) is 46.7 Å². The normalized spacial score (nSPS) is 17.4. The number of hydrogen-bond donors (Lipinski definition) is 1. The molecule has 1 aromatic carbocycles. The number of benzene rings is 1. The molecular weight excluding hydrogens is 402 g/mol. The van der Waals surface area contributed by atoms with E-state index in [-0.39, 0.29) is 29.2 Å². The maximum atomic E-state index is 12.0. The van der Waals surface area contributed by atoms with Gasteiger partial charge in [-0.15, -0.1) is 17.0 Å². The van der Waals surface area contributed by atoms with Crippen LogP contribution in [0.3, 0.4) is 0 Å². The third-order valence-electron chi connectivity index (χ3n) is 3.35. The lowest BCUT2D eigenvalue weighted by Crippen LogP contribution is -2.27. The van der Waals surface area contributed by atoms with Crippen LogP contribution >= 0.6 is 28.6 Å². The molecule has 0 spiro atoms. The van der Waals surface area contributed by atoms with E-state index < -0.39 is 24.1 Å². The van der Waals surface area contributed by atoms with Gasteiger partial charge in [0.05, 0.1) is 13.2 Å². The molecule has 2 N–H and O–H groups in total. The smallest absolute Gasteiger partial charge is 0.335 e. The minimum atomic E-state index is -0.883. The zero-order valence-electron chi connectivity index (χ0n) is 13.1. The van der Waals surface area contributed by atoms with Gasteiger partial charge in [-0.2, -0.15) is 0 Å². The number of carbonyl (C=O) groups excluding carboxylic acids is 2. The Morgan fingerprint density at radius 1 is 1.42 bits per heavy atom. The molecule has 0 aliphatic carbocycles. The molecule has 2 atom stereocenters. The van der Waals surface area contributed by atoms with Crippen molar-refractivity contribution in [1.82, 2.24) is 0 Å². The van der Waals surface area contributed by atoms with Gasteiger partial charge < -0.3 is 19.9 Å². The van der Waals surface area contributed by atoms with E-state index in [1.807, 2.05) is 0 Å². The maximum absolute atomic E-state index is 12.0. The molecule has 6 nitrogen and oxygen atoms in total. The van der Waals surface area contributed by atoms with Crippen LogP contribution in [0.5, 0.6) is 0 Å². The first-order valence-corrected chi connectivity index (χ1v) is 7.54. The van der Waals surface area contributed by atoms with Gasteiger partial charge in [0.1, 0.15) is 5.76 Å². The summed E-state index contributed by atoms with van der Waals surface area (Å²) in [5.74, 6) is -0.716. The molecule has 24 heavy (non-hydrogen) atoms. The van der Waals surface area contributed by atoms with Crippen LogP contribution in [0.4, 0.5) is 0 Å².